The summed E-state index contributed by atoms with van der Waals surface area (Å²) in [7, 11) is 0. The number of hydrogen-bond acceptors (Lipinski definition) is 3. The van der Waals surface area contributed by atoms with E-state index in [0.29, 0.717) is 42.0 Å². The summed E-state index contributed by atoms with van der Waals surface area (Å²) in [6.45, 7) is 5.57. The summed E-state index contributed by atoms with van der Waals surface area (Å²) in [6.07, 6.45) is 16.5. The van der Waals surface area contributed by atoms with Crippen molar-refractivity contribution in [3.8, 4) is 0 Å². The molecule has 3 nitrogen and oxygen atoms in total. The van der Waals surface area contributed by atoms with E-state index in [2.05, 4.69) is 26.0 Å². The van der Waals surface area contributed by atoms with Crippen LogP contribution in [0.2, 0.25) is 0 Å². The lowest BCUT2D eigenvalue weighted by molar-refractivity contribution is -0.152. The van der Waals surface area contributed by atoms with E-state index < -0.39 is 0 Å². The van der Waals surface area contributed by atoms with Crippen molar-refractivity contribution in [1.82, 2.24) is 0 Å². The number of fused-ring (bicyclic) bond motifs is 5. The van der Waals surface area contributed by atoms with Gasteiger partial charge in [-0.05, 0) is 91.3 Å². The van der Waals surface area contributed by atoms with Crippen LogP contribution in [-0.4, -0.2) is 17.7 Å². The molecule has 3 heteroatoms. The van der Waals surface area contributed by atoms with Crippen molar-refractivity contribution in [2.24, 2.45) is 40.4 Å². The summed E-state index contributed by atoms with van der Waals surface area (Å²) in [5.74, 6) is 3.86. The Morgan fingerprint density at radius 2 is 1.93 bits per heavy atom. The van der Waals surface area contributed by atoms with Gasteiger partial charge in [0.25, 0.3) is 0 Å². The Morgan fingerprint density at radius 3 is 2.70 bits per heavy atom. The second-order valence-electron chi connectivity index (χ2n) is 10.2. The van der Waals surface area contributed by atoms with E-state index in [1.165, 1.54) is 31.3 Å². The van der Waals surface area contributed by atoms with Crippen LogP contribution < -0.4 is 0 Å². The molecule has 1 N–H and O–H groups in total. The molecule has 0 radical (unpaired) electrons. The zero-order valence-electron chi connectivity index (χ0n) is 16.6. The van der Waals surface area contributed by atoms with E-state index in [4.69, 9.17) is 4.74 Å². The number of ether oxygens (including phenoxy) is 1. The maximum Gasteiger partial charge on any atom is 0.305 e. The predicted molar refractivity (Wildman–Crippen MR) is 105 cm³/mol. The number of esters is 1. The van der Waals surface area contributed by atoms with Gasteiger partial charge >= 0.3 is 5.97 Å². The lowest BCUT2D eigenvalue weighted by Crippen LogP contribution is -2.49. The van der Waals surface area contributed by atoms with Gasteiger partial charge in [0.1, 0.15) is 5.76 Å². The molecule has 1 aliphatic heterocycles. The number of aliphatic hydroxyl groups excluding tert-OH is 1. The quantitative estimate of drug-likeness (QED) is 0.635. The van der Waals surface area contributed by atoms with Gasteiger partial charge in [0, 0.05) is 11.8 Å². The van der Waals surface area contributed by atoms with Crippen LogP contribution in [0.3, 0.4) is 0 Å². The third-order valence-electron chi connectivity index (χ3n) is 9.16. The van der Waals surface area contributed by atoms with Gasteiger partial charge < -0.3 is 9.84 Å². The summed E-state index contributed by atoms with van der Waals surface area (Å²) in [5, 5.41) is 9.95. The first-order valence-corrected chi connectivity index (χ1v) is 10.9. The molecule has 0 bridgehead atoms. The third kappa shape index (κ3) is 2.49. The van der Waals surface area contributed by atoms with Gasteiger partial charge in [0.15, 0.2) is 0 Å². The Bertz CT molecular complexity index is 737. The molecule has 0 aromatic rings. The van der Waals surface area contributed by atoms with E-state index in [9.17, 15) is 9.90 Å². The second-order valence-corrected chi connectivity index (χ2v) is 10.2. The molecular weight excluding hydrogens is 336 g/mol. The lowest BCUT2D eigenvalue weighted by Gasteiger charge is -2.56. The molecule has 1 saturated heterocycles. The standard InChI is InChI=1S/C24H32O3/c1-23-11-9-17(25)13-16(23)4-5-18-20-7-6-19(15-3-8-22(26)27-14-15)24(20,2)12-10-21(18)23/h4,9,11,13,15,18-21,25H,3,5-8,10,12,14H2,1-2H3/t15-,18-,19+,20+,21-,23-,24+/m0/s1. The van der Waals surface area contributed by atoms with Crippen molar-refractivity contribution in [2.75, 3.05) is 6.61 Å². The average molecular weight is 369 g/mol. The Balaban J connectivity index is 1.42. The van der Waals surface area contributed by atoms with Crippen molar-refractivity contribution in [3.63, 3.8) is 0 Å². The molecule has 7 atom stereocenters. The number of carbonyl (C=O) groups is 1. The van der Waals surface area contributed by atoms with Gasteiger partial charge in [0.05, 0.1) is 6.61 Å². The molecule has 0 aromatic carbocycles. The fraction of sp³-hybridized carbons (Fsp3) is 0.708. The second kappa shape index (κ2) is 5.99. The molecular formula is C24H32O3. The molecule has 1 heterocycles. The minimum absolute atomic E-state index is 0.00655. The van der Waals surface area contributed by atoms with Gasteiger partial charge in [-0.3, -0.25) is 4.79 Å². The first-order chi connectivity index (χ1) is 12.9. The van der Waals surface area contributed by atoms with Crippen LogP contribution in [0.1, 0.15) is 58.8 Å². The van der Waals surface area contributed by atoms with Crippen LogP contribution in [0.5, 0.6) is 0 Å². The Kier molecular flexibility index (Phi) is 3.90. The number of allylic oxidation sites excluding steroid dienone is 5. The first kappa shape index (κ1) is 17.6. The highest BCUT2D eigenvalue weighted by Crippen LogP contribution is 2.66. The molecule has 0 amide bonds. The fourth-order valence-electron chi connectivity index (χ4n) is 7.75. The smallest absolute Gasteiger partial charge is 0.305 e. The van der Waals surface area contributed by atoms with Crippen LogP contribution in [0.4, 0.5) is 0 Å². The molecule has 0 unspecified atom stereocenters. The van der Waals surface area contributed by atoms with Crippen LogP contribution in [0, 0.1) is 40.4 Å². The van der Waals surface area contributed by atoms with Gasteiger partial charge in [-0.15, -0.1) is 0 Å². The van der Waals surface area contributed by atoms with Crippen molar-refractivity contribution in [2.45, 2.75) is 58.8 Å². The predicted octanol–water partition coefficient (Wildman–Crippen LogP) is 5.35. The molecule has 4 aliphatic carbocycles. The van der Waals surface area contributed by atoms with Crippen LogP contribution in [0.25, 0.3) is 0 Å². The molecule has 0 spiro atoms. The fourth-order valence-corrected chi connectivity index (χ4v) is 7.75. The van der Waals surface area contributed by atoms with Crippen molar-refractivity contribution < 1.29 is 14.6 Å². The van der Waals surface area contributed by atoms with Crippen LogP contribution in [0.15, 0.2) is 35.6 Å². The molecule has 5 rings (SSSR count). The number of aliphatic hydroxyl groups is 1. The van der Waals surface area contributed by atoms with Crippen LogP contribution in [-0.2, 0) is 9.53 Å². The zero-order chi connectivity index (χ0) is 18.8. The van der Waals surface area contributed by atoms with E-state index >= 15 is 0 Å². The molecule has 5 aliphatic rings. The summed E-state index contributed by atoms with van der Waals surface area (Å²) < 4.78 is 5.44. The topological polar surface area (TPSA) is 46.5 Å². The lowest BCUT2D eigenvalue weighted by atomic mass is 9.48. The van der Waals surface area contributed by atoms with E-state index in [-0.39, 0.29) is 11.4 Å². The van der Waals surface area contributed by atoms with Gasteiger partial charge in [-0.2, -0.15) is 0 Å². The normalized spacial score (nSPS) is 48.7. The summed E-state index contributed by atoms with van der Waals surface area (Å²) in [6, 6.07) is 0. The van der Waals surface area contributed by atoms with Gasteiger partial charge in [-0.25, -0.2) is 0 Å². The van der Waals surface area contributed by atoms with E-state index in [1.54, 1.807) is 0 Å². The highest BCUT2D eigenvalue weighted by Gasteiger charge is 2.59. The molecule has 27 heavy (non-hydrogen) atoms. The SMILES string of the molecule is C[C@]12CC[C@H]3[C@@H](CC=C4C=C(O)C=C[C@@]43C)[C@H]1CC[C@@H]2[C@H]1CCC(=O)OC1. The highest BCUT2D eigenvalue weighted by molar-refractivity contribution is 5.70. The average Bonchev–Trinajstić information content (AvgIpc) is 3.00. The monoisotopic (exact) mass is 368 g/mol. The highest BCUT2D eigenvalue weighted by atomic mass is 16.5. The van der Waals surface area contributed by atoms with Crippen molar-refractivity contribution in [3.05, 3.63) is 35.6 Å². The Hall–Kier alpha value is -1.51. The largest absolute Gasteiger partial charge is 0.508 e. The molecule has 3 fully saturated rings. The summed E-state index contributed by atoms with van der Waals surface area (Å²) in [4.78, 5) is 11.5. The Morgan fingerprint density at radius 1 is 1.11 bits per heavy atom. The first-order valence-electron chi connectivity index (χ1n) is 10.9. The number of rotatable bonds is 1. The van der Waals surface area contributed by atoms with Crippen molar-refractivity contribution >= 4 is 5.97 Å². The minimum Gasteiger partial charge on any atom is -0.508 e. The van der Waals surface area contributed by atoms with Crippen molar-refractivity contribution in [1.29, 1.82) is 0 Å². The maximum absolute atomic E-state index is 11.5. The zero-order valence-corrected chi connectivity index (χ0v) is 16.6. The number of cyclic esters (lactones) is 1. The van der Waals surface area contributed by atoms with Gasteiger partial charge in [0.2, 0.25) is 0 Å². The molecule has 2 saturated carbocycles. The summed E-state index contributed by atoms with van der Waals surface area (Å²) in [5.41, 5.74) is 1.80. The molecule has 146 valence electrons. The maximum atomic E-state index is 11.5. The minimum atomic E-state index is -0.00655. The number of hydrogen-bond donors (Lipinski definition) is 1. The van der Waals surface area contributed by atoms with Crippen LogP contribution >= 0.6 is 0 Å². The van der Waals surface area contributed by atoms with Gasteiger partial charge in [-0.1, -0.05) is 26.0 Å². The van der Waals surface area contributed by atoms with E-state index in [0.717, 1.165) is 24.7 Å². The third-order valence-corrected chi connectivity index (χ3v) is 9.16. The Labute approximate surface area is 162 Å². The molecule has 0 aromatic heterocycles. The summed E-state index contributed by atoms with van der Waals surface area (Å²) >= 11 is 0. The van der Waals surface area contributed by atoms with E-state index in [1.807, 2.05) is 12.2 Å². The number of carbonyl (C=O) groups excluding carboxylic acids is 1.